The second-order valence-corrected chi connectivity index (χ2v) is 28.2. The van der Waals surface area contributed by atoms with Crippen LogP contribution < -0.4 is 73.2 Å². The van der Waals surface area contributed by atoms with Crippen LogP contribution in [0, 0.1) is 6.92 Å². The van der Waals surface area contributed by atoms with Crippen LogP contribution in [0.2, 0.25) is 0 Å². The Morgan fingerprint density at radius 3 is 1.08 bits per heavy atom. The number of carbonyl (C=O) groups is 2. The number of hydrogen-bond acceptors (Lipinski definition) is 26. The predicted octanol–water partition coefficient (Wildman–Crippen LogP) is -1.46. The van der Waals surface area contributed by atoms with Gasteiger partial charge in [-0.05, 0) is 104 Å². The molecular weight excluding hydrogens is 1770 g/mol. The zero-order valence-corrected chi connectivity index (χ0v) is 76.4. The molecule has 119 heavy (non-hydrogen) atoms. The molecule has 0 spiro atoms. The van der Waals surface area contributed by atoms with Crippen LogP contribution in [0.1, 0.15) is 157 Å². The number of fused-ring (bicyclic) bond motifs is 5. The van der Waals surface area contributed by atoms with Crippen molar-refractivity contribution in [1.29, 1.82) is 0 Å². The SMILES string of the molecule is CCC(O)(CC)CCCCn1c(=O)c2c(ncn2CCO)n(C)c1=O.CCC(O)(CC)CCCCn1c(=O)c2c(ncn2CCO)n(C)c1=O.CCOC(=O)CCCCBr.CCOC(=O)CCCCn1c(=O)c2c(ncn2CCO)n(C)c1=O.Cn1c(=O)[nH]c(=O)c2c1ncn2CCO.Cn1c2c(c(=O)[nH]c1=O)CC=N2.OCCBr.[Br-].[CH2-]C.[Mg+2]. The second kappa shape index (κ2) is 55.7. The summed E-state index contributed by atoms with van der Waals surface area (Å²) in [6, 6.07) is 0. The van der Waals surface area contributed by atoms with Crippen LogP contribution in [0.25, 0.3) is 44.7 Å². The van der Waals surface area contributed by atoms with Crippen molar-refractivity contribution in [2.24, 2.45) is 40.2 Å². The Morgan fingerprint density at radius 2 is 0.756 bits per heavy atom. The average Bonchev–Trinajstić information content (AvgIpc) is 1.67. The van der Waals surface area contributed by atoms with Crippen molar-refractivity contribution in [3.63, 3.8) is 0 Å². The Kier molecular flexibility index (Phi) is 50.9. The minimum absolute atomic E-state index is 0. The van der Waals surface area contributed by atoms with Crippen molar-refractivity contribution in [3.8, 4) is 0 Å². The molecule has 9 N–H and O–H groups in total. The van der Waals surface area contributed by atoms with Gasteiger partial charge in [0, 0.05) is 117 Å². The van der Waals surface area contributed by atoms with Crippen LogP contribution in [0.5, 0.6) is 0 Å². The van der Waals surface area contributed by atoms with E-state index in [1.165, 1.54) is 73.5 Å². The first-order chi connectivity index (χ1) is 55.8. The van der Waals surface area contributed by atoms with Gasteiger partial charge in [-0.2, -0.15) is 6.92 Å². The Labute approximate surface area is 729 Å². The van der Waals surface area contributed by atoms with E-state index < -0.39 is 50.8 Å². The molecule has 0 atom stereocenters. The van der Waals surface area contributed by atoms with Crippen molar-refractivity contribution in [3.05, 3.63) is 142 Å². The van der Waals surface area contributed by atoms with Crippen LogP contribution in [-0.2, 0) is 107 Å². The largest absolute Gasteiger partial charge is 2.00 e. The van der Waals surface area contributed by atoms with Crippen molar-refractivity contribution in [1.82, 2.24) is 84.7 Å². The number of rotatable bonds is 34. The van der Waals surface area contributed by atoms with E-state index in [0.29, 0.717) is 159 Å². The molecule has 9 aromatic heterocycles. The summed E-state index contributed by atoms with van der Waals surface area (Å²) in [5.74, 6) is 0.112. The van der Waals surface area contributed by atoms with E-state index in [1.807, 2.05) is 34.6 Å². The minimum Gasteiger partial charge on any atom is -1.00 e. The Bertz CT molecular complexity index is 5160. The van der Waals surface area contributed by atoms with E-state index in [1.54, 1.807) is 57.4 Å². The zero-order chi connectivity index (χ0) is 87.9. The molecule has 0 fully saturated rings. The first kappa shape index (κ1) is 109. The molecular formula is C75H118Br3MgN19O21. The smallest absolute Gasteiger partial charge is 1.00 e. The summed E-state index contributed by atoms with van der Waals surface area (Å²) in [5.41, 5.74) is -2.44. The van der Waals surface area contributed by atoms with Gasteiger partial charge in [-0.3, -0.25) is 80.1 Å². The molecule has 0 aliphatic carbocycles. The zero-order valence-electron chi connectivity index (χ0n) is 70.2. The number of H-pyrrole nitrogens is 2. The maximum atomic E-state index is 12.7. The fraction of sp³-hybridized carbons (Fsp3) is 0.627. The molecule has 0 saturated carbocycles. The molecule has 1 aliphatic rings. The van der Waals surface area contributed by atoms with Crippen molar-refractivity contribution in [2.75, 3.05) is 56.9 Å². The molecule has 0 radical (unpaired) electrons. The van der Waals surface area contributed by atoms with Crippen LogP contribution in [-0.4, -0.2) is 230 Å². The monoisotopic (exact) mass is 1880 g/mol. The number of hydrogen-bond donors (Lipinski definition) is 9. The van der Waals surface area contributed by atoms with Crippen molar-refractivity contribution >= 4 is 124 Å². The first-order valence-corrected chi connectivity index (χ1v) is 41.1. The van der Waals surface area contributed by atoms with E-state index in [0.717, 1.165) is 35.6 Å². The van der Waals surface area contributed by atoms with Gasteiger partial charge >= 0.3 is 63.4 Å². The molecule has 10 heterocycles. The maximum Gasteiger partial charge on any atom is 2.00 e. The number of aliphatic hydroxyl groups is 7. The van der Waals surface area contributed by atoms with Crippen LogP contribution in [0.3, 0.4) is 0 Å². The summed E-state index contributed by atoms with van der Waals surface area (Å²) in [7, 11) is 7.83. The Balaban J connectivity index is 0.000000719. The van der Waals surface area contributed by atoms with Gasteiger partial charge in [-0.15, -0.1) is 0 Å². The number of aliphatic imine (C=N–C) groups is 1. The number of unbranched alkanes of at least 4 members (excludes halogenated alkanes) is 4. The minimum atomic E-state index is -0.667. The van der Waals surface area contributed by atoms with Crippen LogP contribution in [0.4, 0.5) is 5.82 Å². The first-order valence-electron chi connectivity index (χ1n) is 38.9. The number of ether oxygens (including phenoxy) is 2. The quantitative estimate of drug-likeness (QED) is 0.00732. The molecule has 40 nitrogen and oxygen atoms in total. The van der Waals surface area contributed by atoms with Gasteiger partial charge in [0.05, 0.1) is 88.3 Å². The van der Waals surface area contributed by atoms with Crippen molar-refractivity contribution < 1.29 is 71.8 Å². The van der Waals surface area contributed by atoms with Gasteiger partial charge in [-0.1, -0.05) is 59.6 Å². The summed E-state index contributed by atoms with van der Waals surface area (Å²) in [6.07, 6.45) is 18.6. The summed E-state index contributed by atoms with van der Waals surface area (Å²) in [5, 5.41) is 66.2. The molecule has 1 aliphatic heterocycles. The number of nitrogens with zero attached hydrogens (tertiary/aromatic N) is 17. The third-order valence-corrected chi connectivity index (χ3v) is 20.0. The molecule has 662 valence electrons. The molecule has 44 heteroatoms. The van der Waals surface area contributed by atoms with E-state index in [2.05, 4.69) is 73.7 Å². The third kappa shape index (κ3) is 30.4. The summed E-state index contributed by atoms with van der Waals surface area (Å²) in [4.78, 5) is 167. The topological polar surface area (TPSA) is 520 Å². The number of aromatic nitrogens is 18. The number of alkyl halides is 2. The average molecular weight is 1890 g/mol. The van der Waals surface area contributed by atoms with Gasteiger partial charge in [0.2, 0.25) is 0 Å². The maximum absolute atomic E-state index is 12.7. The van der Waals surface area contributed by atoms with Crippen molar-refractivity contribution in [2.45, 2.75) is 215 Å². The predicted molar refractivity (Wildman–Crippen MR) is 457 cm³/mol. The summed E-state index contributed by atoms with van der Waals surface area (Å²) < 4.78 is 26.0. The van der Waals surface area contributed by atoms with Gasteiger partial charge in [-0.25, -0.2) is 48.9 Å². The van der Waals surface area contributed by atoms with Crippen LogP contribution >= 0.6 is 31.9 Å². The number of halogens is 3. The summed E-state index contributed by atoms with van der Waals surface area (Å²) in [6.45, 7) is 18.8. The van der Waals surface area contributed by atoms with Gasteiger partial charge < -0.3 is 87.4 Å². The fourth-order valence-corrected chi connectivity index (χ4v) is 12.5. The van der Waals surface area contributed by atoms with Gasteiger partial charge in [0.15, 0.2) is 44.7 Å². The number of aromatic amines is 2. The molecule has 0 saturated heterocycles. The van der Waals surface area contributed by atoms with E-state index >= 15 is 0 Å². The number of aryl methyl sites for hydroxylation is 4. The number of imidazole rings is 4. The number of nitrogens with one attached hydrogen (secondary N) is 2. The number of esters is 2. The molecule has 10 rings (SSSR count). The fourth-order valence-electron chi connectivity index (χ4n) is 12.1. The van der Waals surface area contributed by atoms with Gasteiger partial charge in [0.1, 0.15) is 5.82 Å². The third-order valence-electron chi connectivity index (χ3n) is 19.1. The molecule has 0 unspecified atom stereocenters. The normalized spacial score (nSPS) is 11.2. The van der Waals surface area contributed by atoms with Gasteiger partial charge in [0.25, 0.3) is 27.8 Å². The molecule has 0 bridgehead atoms. The molecule has 0 amide bonds. The van der Waals surface area contributed by atoms with E-state index in [9.17, 15) is 67.7 Å². The van der Waals surface area contributed by atoms with Crippen LogP contribution in [0.15, 0.2) is 78.2 Å². The Hall–Kier alpha value is -8.18. The summed E-state index contributed by atoms with van der Waals surface area (Å²) >= 11 is 6.28. The van der Waals surface area contributed by atoms with E-state index in [-0.39, 0.29) is 146 Å². The number of aliphatic hydroxyl groups excluding tert-OH is 5. The second-order valence-electron chi connectivity index (χ2n) is 26.6. The van der Waals surface area contributed by atoms with E-state index in [4.69, 9.17) is 35.0 Å². The standard InChI is InChI=1S/2C17H28N4O4.C15H22N4O5.C8H10N4O3.C7H13BrO2.C7H7N3O2.C2H5BrO.C2H5.BrH.Mg/c2*1-4-17(25,5-2)8-6-7-9-21-15(23)13-14(19(3)16(21)24)18-12-20(13)10-11-22;1-3-24-11(21)6-4-5-7-19-14(22)12-13(17(2)15(19)23)16-10-18(12)8-9-20;1-11-6-5(7(14)10-8(11)15)12(2-3-13)4-9-6;1-2-10-7(9)5-3-4-6-8;1-10-5-4(2-3-8-5)6(11)9-7(10)12;3-1-2-4;1-2;;/h2*12,22,25H,4-11H2,1-3H3;10,20H,3-9H2,1-2H3;4,13H,2-3H2,1H3,(H,10,14,15);2-6H2,1H3;3H,2H2,1H3,(H,9,11,12);4H,1-2H2;1H2,2H3;1H;/q;;;;;;;-1;;+2/p-1. The Morgan fingerprint density at radius 1 is 0.445 bits per heavy atom. The molecule has 0 aromatic carbocycles. The molecule has 9 aromatic rings. The number of carbonyl (C=O) groups excluding carboxylic acids is 2.